The fourth-order valence-electron chi connectivity index (χ4n) is 5.79. The first kappa shape index (κ1) is 26.4. The number of imide groups is 1. The summed E-state index contributed by atoms with van der Waals surface area (Å²) in [5.74, 6) is -3.01. The number of amides is 3. The molecule has 7 rings (SSSR count). The maximum absolute atomic E-state index is 13.9. The molecule has 3 amide bonds. The number of thioether (sulfide) groups is 1. The summed E-state index contributed by atoms with van der Waals surface area (Å²) in [5.41, 5.74) is 1.73. The number of nitrogens with zero attached hydrogens (tertiary/aromatic N) is 2. The molecule has 3 atom stereocenters. The SMILES string of the molecule is O=C(Cn1c2c(sc1=O)[C@H](c1ccccc1)C1C(=O)N(c3ccc(F)cc3)C(=O)C1S2)Nc1cccc2ccccc12. The summed E-state index contributed by atoms with van der Waals surface area (Å²) in [6.07, 6.45) is 0. The largest absolute Gasteiger partial charge is 0.324 e. The molecule has 42 heavy (non-hydrogen) atoms. The zero-order valence-corrected chi connectivity index (χ0v) is 23.5. The molecule has 4 aromatic carbocycles. The Balaban J connectivity index is 1.27. The van der Waals surface area contributed by atoms with Crippen LogP contribution in [0.4, 0.5) is 15.8 Å². The van der Waals surface area contributed by atoms with E-state index in [1.165, 1.54) is 28.8 Å². The summed E-state index contributed by atoms with van der Waals surface area (Å²) in [5, 5.41) is 4.48. The number of rotatable bonds is 5. The first-order valence-electron chi connectivity index (χ1n) is 13.3. The summed E-state index contributed by atoms with van der Waals surface area (Å²) in [6, 6.07) is 27.9. The highest BCUT2D eigenvalue weighted by Crippen LogP contribution is 2.53. The third-order valence-electron chi connectivity index (χ3n) is 7.66. The first-order chi connectivity index (χ1) is 20.4. The highest BCUT2D eigenvalue weighted by Gasteiger charge is 2.56. The highest BCUT2D eigenvalue weighted by atomic mass is 32.2. The van der Waals surface area contributed by atoms with Gasteiger partial charge in [-0.05, 0) is 41.3 Å². The van der Waals surface area contributed by atoms with Crippen LogP contribution in [-0.2, 0) is 20.9 Å². The van der Waals surface area contributed by atoms with Crippen molar-refractivity contribution in [3.63, 3.8) is 0 Å². The second-order valence-corrected chi connectivity index (χ2v) is 12.3. The van der Waals surface area contributed by atoms with E-state index in [9.17, 15) is 23.6 Å². The standard InChI is InChI=1S/C32H22FN3O4S2/c33-20-13-15-21(16-14-20)36-29(38)26-25(19-8-2-1-3-9-19)28-31(41-27(26)30(36)39)35(32(40)42-28)17-24(37)34-23-12-6-10-18-7-4-5-11-22(18)23/h1-16,25-27H,17H2,(H,34,37)/t25-,26?,27?/m1/s1. The Kier molecular flexibility index (Phi) is 6.52. The van der Waals surface area contributed by atoms with Gasteiger partial charge in [-0.3, -0.25) is 23.7 Å². The van der Waals surface area contributed by atoms with Crippen LogP contribution in [0.15, 0.2) is 107 Å². The quantitative estimate of drug-likeness (QED) is 0.266. The molecule has 2 aliphatic heterocycles. The fourth-order valence-corrected chi connectivity index (χ4v) is 8.56. The lowest BCUT2D eigenvalue weighted by molar-refractivity contribution is -0.122. The molecule has 0 aliphatic carbocycles. The van der Waals surface area contributed by atoms with Crippen LogP contribution in [0, 0.1) is 11.7 Å². The van der Waals surface area contributed by atoms with Crippen molar-refractivity contribution >= 4 is 63.0 Å². The van der Waals surface area contributed by atoms with E-state index >= 15 is 0 Å². The first-order valence-corrected chi connectivity index (χ1v) is 15.0. The monoisotopic (exact) mass is 595 g/mol. The molecule has 1 N–H and O–H groups in total. The average molecular weight is 596 g/mol. The summed E-state index contributed by atoms with van der Waals surface area (Å²) >= 11 is 2.14. The molecule has 1 fully saturated rings. The molecule has 0 bridgehead atoms. The number of aromatic nitrogens is 1. The molecular formula is C32H22FN3O4S2. The molecule has 0 spiro atoms. The topological polar surface area (TPSA) is 88.5 Å². The Morgan fingerprint density at radius 3 is 2.33 bits per heavy atom. The summed E-state index contributed by atoms with van der Waals surface area (Å²) in [7, 11) is 0. The fraction of sp³-hybridized carbons (Fsp3) is 0.125. The molecule has 5 aromatic rings. The van der Waals surface area contributed by atoms with E-state index in [-0.39, 0.29) is 17.3 Å². The Bertz CT molecular complexity index is 1930. The van der Waals surface area contributed by atoms with Gasteiger partial charge in [0.05, 0.1) is 16.6 Å². The minimum Gasteiger partial charge on any atom is -0.324 e. The molecule has 0 saturated carbocycles. The maximum atomic E-state index is 13.9. The number of nitrogens with one attached hydrogen (secondary N) is 1. The summed E-state index contributed by atoms with van der Waals surface area (Å²) in [6.45, 7) is -0.246. The van der Waals surface area contributed by atoms with Gasteiger partial charge in [-0.15, -0.1) is 0 Å². The Labute approximate surface area is 247 Å². The van der Waals surface area contributed by atoms with E-state index in [2.05, 4.69) is 5.32 Å². The lowest BCUT2D eigenvalue weighted by atomic mass is 9.83. The number of halogens is 1. The summed E-state index contributed by atoms with van der Waals surface area (Å²) in [4.78, 5) is 55.7. The zero-order valence-electron chi connectivity index (χ0n) is 21.9. The van der Waals surface area contributed by atoms with Crippen molar-refractivity contribution in [1.82, 2.24) is 4.57 Å². The normalized spacial score (nSPS) is 19.5. The van der Waals surface area contributed by atoms with Gasteiger partial charge in [-0.25, -0.2) is 9.29 Å². The molecular weight excluding hydrogens is 574 g/mol. The van der Waals surface area contributed by atoms with Crippen LogP contribution in [0.25, 0.3) is 10.8 Å². The van der Waals surface area contributed by atoms with Crippen molar-refractivity contribution in [1.29, 1.82) is 0 Å². The van der Waals surface area contributed by atoms with Crippen LogP contribution in [-0.4, -0.2) is 27.5 Å². The van der Waals surface area contributed by atoms with Crippen LogP contribution in [0.3, 0.4) is 0 Å². The predicted octanol–water partition coefficient (Wildman–Crippen LogP) is 5.64. The lowest BCUT2D eigenvalue weighted by Crippen LogP contribution is -2.33. The summed E-state index contributed by atoms with van der Waals surface area (Å²) < 4.78 is 15.0. The van der Waals surface area contributed by atoms with E-state index in [1.54, 1.807) is 0 Å². The number of anilines is 2. The smallest absolute Gasteiger partial charge is 0.308 e. The van der Waals surface area contributed by atoms with E-state index in [0.29, 0.717) is 21.3 Å². The van der Waals surface area contributed by atoms with Gasteiger partial charge in [0.15, 0.2) is 0 Å². The van der Waals surface area contributed by atoms with Gasteiger partial charge in [-0.2, -0.15) is 0 Å². The average Bonchev–Trinajstić information content (AvgIpc) is 3.44. The number of hydrogen-bond acceptors (Lipinski definition) is 6. The minimum atomic E-state index is -0.818. The molecule has 2 unspecified atom stereocenters. The number of hydrogen-bond donors (Lipinski definition) is 1. The Morgan fingerprint density at radius 2 is 1.55 bits per heavy atom. The van der Waals surface area contributed by atoms with Crippen LogP contribution in [0.5, 0.6) is 0 Å². The van der Waals surface area contributed by atoms with E-state index in [4.69, 9.17) is 0 Å². The molecule has 10 heteroatoms. The molecule has 2 aliphatic rings. The van der Waals surface area contributed by atoms with Gasteiger partial charge in [-0.1, -0.05) is 89.8 Å². The van der Waals surface area contributed by atoms with Gasteiger partial charge < -0.3 is 5.32 Å². The number of benzene rings is 4. The van der Waals surface area contributed by atoms with Crippen LogP contribution < -0.4 is 15.1 Å². The number of carbonyl (C=O) groups is 3. The van der Waals surface area contributed by atoms with Crippen LogP contribution in [0.2, 0.25) is 0 Å². The third kappa shape index (κ3) is 4.34. The Morgan fingerprint density at radius 1 is 0.833 bits per heavy atom. The molecule has 3 heterocycles. The van der Waals surface area contributed by atoms with Gasteiger partial charge in [0.1, 0.15) is 17.6 Å². The predicted molar refractivity (Wildman–Crippen MR) is 161 cm³/mol. The number of fused-ring (bicyclic) bond motifs is 3. The number of thiazole rings is 1. The van der Waals surface area contributed by atoms with Crippen molar-refractivity contribution in [3.05, 3.63) is 123 Å². The van der Waals surface area contributed by atoms with Crippen molar-refractivity contribution in [2.45, 2.75) is 22.7 Å². The van der Waals surface area contributed by atoms with Crippen molar-refractivity contribution in [2.24, 2.45) is 5.92 Å². The minimum absolute atomic E-state index is 0.246. The van der Waals surface area contributed by atoms with Gasteiger partial charge in [0.25, 0.3) is 0 Å². The van der Waals surface area contributed by atoms with Crippen molar-refractivity contribution < 1.29 is 18.8 Å². The maximum Gasteiger partial charge on any atom is 0.308 e. The van der Waals surface area contributed by atoms with Gasteiger partial charge in [0.2, 0.25) is 17.7 Å². The van der Waals surface area contributed by atoms with Crippen LogP contribution >= 0.6 is 23.1 Å². The number of carbonyl (C=O) groups excluding carboxylic acids is 3. The van der Waals surface area contributed by atoms with Crippen LogP contribution in [0.1, 0.15) is 16.4 Å². The molecule has 7 nitrogen and oxygen atoms in total. The molecule has 1 saturated heterocycles. The molecule has 1 aromatic heterocycles. The van der Waals surface area contributed by atoms with Crippen molar-refractivity contribution in [3.8, 4) is 0 Å². The molecule has 208 valence electrons. The second kappa shape index (κ2) is 10.4. The van der Waals surface area contributed by atoms with Crippen molar-refractivity contribution in [2.75, 3.05) is 10.2 Å². The Hall–Kier alpha value is -4.54. The van der Waals surface area contributed by atoms with Gasteiger partial charge in [0, 0.05) is 21.9 Å². The third-order valence-corrected chi connectivity index (χ3v) is 10.3. The zero-order chi connectivity index (χ0) is 29.0. The highest BCUT2D eigenvalue weighted by molar-refractivity contribution is 8.00. The second-order valence-electron chi connectivity index (χ2n) is 10.1. The van der Waals surface area contributed by atoms with E-state index in [0.717, 1.165) is 44.3 Å². The van der Waals surface area contributed by atoms with E-state index < -0.39 is 34.7 Å². The molecule has 0 radical (unpaired) electrons. The lowest BCUT2D eigenvalue weighted by Gasteiger charge is -2.30. The van der Waals surface area contributed by atoms with E-state index in [1.807, 2.05) is 72.8 Å². The van der Waals surface area contributed by atoms with Gasteiger partial charge >= 0.3 is 4.87 Å².